The molecule has 0 saturated carbocycles. The normalized spacial score (nSPS) is 12.5. The minimum absolute atomic E-state index is 0.0128. The van der Waals surface area contributed by atoms with Gasteiger partial charge < -0.3 is 4.90 Å². The molecule has 0 atom stereocenters. The average molecular weight is 437 g/mol. The predicted molar refractivity (Wildman–Crippen MR) is 98.0 cm³/mol. The molecule has 28 heavy (non-hydrogen) atoms. The van der Waals surface area contributed by atoms with Crippen LogP contribution in [0.1, 0.15) is 13.3 Å². The van der Waals surface area contributed by atoms with Gasteiger partial charge in [0.05, 0.1) is 23.8 Å². The predicted octanol–water partition coefficient (Wildman–Crippen LogP) is 3.15. The second-order valence-corrected chi connectivity index (χ2v) is 7.92. The number of allylic oxidation sites excluding steroid dienone is 1. The van der Waals surface area contributed by atoms with Crippen LogP contribution < -0.4 is 4.90 Å². The molecular weight excluding hydrogens is 421 g/mol. The van der Waals surface area contributed by atoms with Crippen molar-refractivity contribution in [3.05, 3.63) is 47.4 Å². The molecule has 0 aliphatic heterocycles. The lowest BCUT2D eigenvalue weighted by atomic mass is 10.3. The lowest BCUT2D eigenvalue weighted by molar-refractivity contribution is -0.118. The molecule has 2 aromatic rings. The van der Waals surface area contributed by atoms with Crippen LogP contribution in [0.3, 0.4) is 0 Å². The van der Waals surface area contributed by atoms with E-state index >= 15 is 0 Å². The van der Waals surface area contributed by atoms with E-state index in [9.17, 15) is 26.4 Å². The summed E-state index contributed by atoms with van der Waals surface area (Å²) in [6.07, 6.45) is -1.04. The van der Waals surface area contributed by atoms with Crippen LogP contribution in [0.5, 0.6) is 0 Å². The van der Waals surface area contributed by atoms with E-state index in [-0.39, 0.29) is 28.9 Å². The number of carbonyl (C=O) groups is 1. The largest absolute Gasteiger partial charge is 0.410 e. The molecule has 0 aliphatic rings. The number of aromatic nitrogens is 3. The summed E-state index contributed by atoms with van der Waals surface area (Å²) < 4.78 is 61.1. The summed E-state index contributed by atoms with van der Waals surface area (Å²) in [5.41, 5.74) is 0.847. The van der Waals surface area contributed by atoms with Crippen LogP contribution in [0.4, 0.5) is 18.9 Å². The minimum Gasteiger partial charge on any atom is -0.308 e. The van der Waals surface area contributed by atoms with Crippen LogP contribution in [0.2, 0.25) is 5.15 Å². The maximum absolute atomic E-state index is 12.4. The summed E-state index contributed by atoms with van der Waals surface area (Å²) >= 11 is 6.10. The molecule has 2 aromatic heterocycles. The monoisotopic (exact) mass is 436 g/mol. The zero-order chi connectivity index (χ0) is 20.9. The number of rotatable bonds is 7. The molecule has 1 amide bonds. The van der Waals surface area contributed by atoms with E-state index < -0.39 is 34.1 Å². The number of hydrogen-bond donors (Lipinski definition) is 0. The van der Waals surface area contributed by atoms with Crippen LogP contribution in [0.25, 0.3) is 5.69 Å². The number of alkyl halides is 3. The summed E-state index contributed by atoms with van der Waals surface area (Å²) in [6, 6.07) is 3.41. The first-order chi connectivity index (χ1) is 13.0. The van der Waals surface area contributed by atoms with Gasteiger partial charge in [-0.15, -0.1) is 0 Å². The number of carbonyl (C=O) groups excluding carboxylic acids is 1. The maximum atomic E-state index is 12.4. The van der Waals surface area contributed by atoms with Gasteiger partial charge in [0, 0.05) is 30.6 Å². The Morgan fingerprint density at radius 2 is 2.11 bits per heavy atom. The Morgan fingerprint density at radius 3 is 2.68 bits per heavy atom. The lowest BCUT2D eigenvalue weighted by Gasteiger charge is -2.19. The Bertz CT molecular complexity index is 959. The van der Waals surface area contributed by atoms with Gasteiger partial charge in [0.15, 0.2) is 15.0 Å². The van der Waals surface area contributed by atoms with Crippen LogP contribution in [-0.2, 0) is 14.6 Å². The molecule has 0 fully saturated rings. The molecule has 152 valence electrons. The van der Waals surface area contributed by atoms with Crippen molar-refractivity contribution in [2.24, 2.45) is 0 Å². The van der Waals surface area contributed by atoms with E-state index in [1.807, 2.05) is 0 Å². The van der Waals surface area contributed by atoms with Gasteiger partial charge in [0.2, 0.25) is 5.91 Å². The van der Waals surface area contributed by atoms with E-state index in [4.69, 9.17) is 11.6 Å². The summed E-state index contributed by atoms with van der Waals surface area (Å²) in [5.74, 6) is -1.37. The Morgan fingerprint density at radius 1 is 1.39 bits per heavy atom. The third kappa shape index (κ3) is 6.06. The van der Waals surface area contributed by atoms with Gasteiger partial charge in [-0.3, -0.25) is 9.78 Å². The third-order valence-electron chi connectivity index (χ3n) is 3.53. The van der Waals surface area contributed by atoms with Crippen LogP contribution >= 0.6 is 11.6 Å². The maximum Gasteiger partial charge on any atom is 0.410 e. The van der Waals surface area contributed by atoms with Crippen molar-refractivity contribution in [2.45, 2.75) is 19.5 Å². The van der Waals surface area contributed by atoms with Crippen molar-refractivity contribution in [2.75, 3.05) is 17.2 Å². The van der Waals surface area contributed by atoms with Gasteiger partial charge in [-0.2, -0.15) is 18.3 Å². The van der Waals surface area contributed by atoms with Gasteiger partial charge in [0.25, 0.3) is 0 Å². The molecule has 2 heterocycles. The zero-order valence-corrected chi connectivity index (χ0v) is 16.2. The van der Waals surface area contributed by atoms with Crippen molar-refractivity contribution < 1.29 is 26.4 Å². The molecule has 0 aromatic carbocycles. The Balaban J connectivity index is 2.14. The molecule has 2 rings (SSSR count). The molecule has 0 radical (unpaired) electrons. The fraction of sp³-hybridized carbons (Fsp3) is 0.312. The topological polar surface area (TPSA) is 85.2 Å². The van der Waals surface area contributed by atoms with Crippen molar-refractivity contribution in [3.8, 4) is 5.69 Å². The smallest absolute Gasteiger partial charge is 0.308 e. The van der Waals surface area contributed by atoms with Crippen LogP contribution in [0.15, 0.2) is 42.2 Å². The number of amides is 1. The molecule has 0 unspecified atom stereocenters. The van der Waals surface area contributed by atoms with Gasteiger partial charge in [-0.05, 0) is 19.1 Å². The highest BCUT2D eigenvalue weighted by Gasteiger charge is 2.25. The Kier molecular flexibility index (Phi) is 6.83. The van der Waals surface area contributed by atoms with Crippen LogP contribution in [-0.4, -0.2) is 47.6 Å². The van der Waals surface area contributed by atoms with Gasteiger partial charge in [0.1, 0.15) is 5.69 Å². The second kappa shape index (κ2) is 8.74. The quantitative estimate of drug-likeness (QED) is 0.665. The lowest BCUT2D eigenvalue weighted by Crippen LogP contribution is -2.31. The second-order valence-electron chi connectivity index (χ2n) is 5.56. The number of sulfone groups is 1. The van der Waals surface area contributed by atoms with Gasteiger partial charge in [-0.1, -0.05) is 11.6 Å². The molecular formula is C16H16ClF3N4O3S. The van der Waals surface area contributed by atoms with Crippen molar-refractivity contribution in [3.63, 3.8) is 0 Å². The number of halogens is 4. The van der Waals surface area contributed by atoms with E-state index in [2.05, 4.69) is 10.1 Å². The molecule has 0 N–H and O–H groups in total. The molecule has 0 bridgehead atoms. The van der Waals surface area contributed by atoms with Crippen molar-refractivity contribution in [1.29, 1.82) is 0 Å². The van der Waals surface area contributed by atoms with E-state index in [0.717, 1.165) is 0 Å². The highest BCUT2D eigenvalue weighted by atomic mass is 35.5. The summed E-state index contributed by atoms with van der Waals surface area (Å²) in [6.45, 7) is 1.81. The third-order valence-corrected chi connectivity index (χ3v) is 5.13. The van der Waals surface area contributed by atoms with Gasteiger partial charge in [-0.25, -0.2) is 13.1 Å². The Hall–Kier alpha value is -2.40. The average Bonchev–Trinajstić information content (AvgIpc) is 3.01. The van der Waals surface area contributed by atoms with Crippen molar-refractivity contribution in [1.82, 2.24) is 14.8 Å². The van der Waals surface area contributed by atoms with E-state index in [1.165, 1.54) is 22.0 Å². The number of anilines is 1. The molecule has 0 aliphatic carbocycles. The molecule has 12 heteroatoms. The summed E-state index contributed by atoms with van der Waals surface area (Å²) in [5, 5.41) is 4.16. The van der Waals surface area contributed by atoms with Gasteiger partial charge >= 0.3 is 6.18 Å². The summed E-state index contributed by atoms with van der Waals surface area (Å²) in [4.78, 5) is 17.6. The van der Waals surface area contributed by atoms with E-state index in [0.29, 0.717) is 5.69 Å². The SMILES string of the molecule is CCN(C(=O)CCS(=O)(=O)/C=C/C(F)(F)F)c1cn(-c2cccnc2)nc1Cl. The van der Waals surface area contributed by atoms with E-state index in [1.54, 1.807) is 25.3 Å². The number of hydrogen-bond acceptors (Lipinski definition) is 5. The number of pyridine rings is 1. The Labute approximate surface area is 164 Å². The standard InChI is InChI=1S/C16H16ClF3N4O3S/c1-2-23(14(25)5-8-28(26,27)9-6-16(18,19)20)13-11-24(22-15(13)17)12-4-3-7-21-10-12/h3-4,6-7,9-11H,2,5,8H2,1H3/b9-6+. The minimum atomic E-state index is -4.75. The fourth-order valence-corrected chi connectivity index (χ4v) is 3.43. The summed E-state index contributed by atoms with van der Waals surface area (Å²) in [7, 11) is -4.19. The first-order valence-electron chi connectivity index (χ1n) is 7.97. The zero-order valence-electron chi connectivity index (χ0n) is 14.6. The highest BCUT2D eigenvalue weighted by molar-refractivity contribution is 7.94. The van der Waals surface area contributed by atoms with Crippen LogP contribution in [0, 0.1) is 0 Å². The fourth-order valence-electron chi connectivity index (χ4n) is 2.24. The molecule has 0 saturated heterocycles. The number of nitrogens with zero attached hydrogens (tertiary/aromatic N) is 4. The molecule has 0 spiro atoms. The first kappa shape index (κ1) is 21.9. The van der Waals surface area contributed by atoms with Crippen molar-refractivity contribution >= 4 is 33.0 Å². The molecule has 7 nitrogen and oxygen atoms in total. The first-order valence-corrected chi connectivity index (χ1v) is 10.1. The highest BCUT2D eigenvalue weighted by Crippen LogP contribution is 2.26.